The lowest BCUT2D eigenvalue weighted by Gasteiger charge is -2.22. The van der Waals surface area contributed by atoms with Gasteiger partial charge in [0.25, 0.3) is 0 Å². The molecular weight excluding hydrogens is 418 g/mol. The molecule has 0 amide bonds. The van der Waals surface area contributed by atoms with E-state index in [-0.39, 0.29) is 16.1 Å². The van der Waals surface area contributed by atoms with Crippen LogP contribution in [0.2, 0.25) is 0 Å². The van der Waals surface area contributed by atoms with Crippen LogP contribution in [0.1, 0.15) is 21.5 Å². The highest BCUT2D eigenvalue weighted by Crippen LogP contribution is 2.39. The predicted octanol–water partition coefficient (Wildman–Crippen LogP) is 4.84. The van der Waals surface area contributed by atoms with Crippen molar-refractivity contribution in [2.75, 3.05) is 10.6 Å². The van der Waals surface area contributed by atoms with Crippen molar-refractivity contribution in [3.63, 3.8) is 0 Å². The summed E-state index contributed by atoms with van der Waals surface area (Å²) in [6.45, 7) is -0.476. The van der Waals surface area contributed by atoms with E-state index in [1.807, 2.05) is 0 Å². The average Bonchev–Trinajstić information content (AvgIpc) is 2.96. The minimum Gasteiger partial charge on any atom is -0.298 e. The van der Waals surface area contributed by atoms with E-state index in [0.29, 0.717) is 28.5 Å². The van der Waals surface area contributed by atoms with Gasteiger partial charge in [-0.15, -0.1) is 11.3 Å². The van der Waals surface area contributed by atoms with Crippen LogP contribution >= 0.6 is 11.3 Å². The van der Waals surface area contributed by atoms with E-state index in [0.717, 1.165) is 28.0 Å². The number of alkyl halides is 3. The van der Waals surface area contributed by atoms with Gasteiger partial charge in [-0.2, -0.15) is 13.2 Å². The quantitative estimate of drug-likeness (QED) is 0.429. The van der Waals surface area contributed by atoms with Crippen LogP contribution in [0.4, 0.5) is 22.6 Å². The molecular formula is C18H13F4NO3S2. The van der Waals surface area contributed by atoms with Crippen LogP contribution in [0.3, 0.4) is 0 Å². The molecule has 0 saturated carbocycles. The van der Waals surface area contributed by atoms with Gasteiger partial charge in [-0.25, -0.2) is 12.8 Å². The molecule has 3 rings (SSSR count). The lowest BCUT2D eigenvalue weighted by Crippen LogP contribution is -2.29. The molecule has 3 aromatic rings. The highest BCUT2D eigenvalue weighted by atomic mass is 32.2. The van der Waals surface area contributed by atoms with Crippen molar-refractivity contribution >= 4 is 42.7 Å². The average molecular weight is 431 g/mol. The lowest BCUT2D eigenvalue weighted by molar-refractivity contribution is -0.140. The summed E-state index contributed by atoms with van der Waals surface area (Å²) < 4.78 is 78.6. The SMILES string of the molecule is CS(=O)(=O)N(Cc1ccc(F)c(C(F)(F)F)c1)c1sc2ccccc2c1C=O. The van der Waals surface area contributed by atoms with Crippen LogP contribution in [-0.4, -0.2) is 21.0 Å². The van der Waals surface area contributed by atoms with Crippen LogP contribution < -0.4 is 4.31 Å². The molecule has 0 fully saturated rings. The number of sulfonamides is 1. The highest BCUT2D eigenvalue weighted by Gasteiger charge is 2.34. The van der Waals surface area contributed by atoms with E-state index in [1.54, 1.807) is 24.3 Å². The smallest absolute Gasteiger partial charge is 0.298 e. The van der Waals surface area contributed by atoms with Gasteiger partial charge in [0.05, 0.1) is 23.9 Å². The first-order chi connectivity index (χ1) is 13.0. The summed E-state index contributed by atoms with van der Waals surface area (Å²) >= 11 is 1.03. The molecule has 28 heavy (non-hydrogen) atoms. The minimum atomic E-state index is -4.92. The zero-order valence-corrected chi connectivity index (χ0v) is 16.0. The van der Waals surface area contributed by atoms with Crippen LogP contribution in [0.15, 0.2) is 42.5 Å². The molecule has 0 aliphatic heterocycles. The summed E-state index contributed by atoms with van der Waals surface area (Å²) in [6, 6.07) is 9.06. The Kier molecular flexibility index (Phi) is 5.20. The van der Waals surface area contributed by atoms with Crippen molar-refractivity contribution in [1.82, 2.24) is 0 Å². The molecule has 0 saturated heterocycles. The van der Waals surface area contributed by atoms with Crippen LogP contribution in [0.25, 0.3) is 10.1 Å². The number of hydrogen-bond acceptors (Lipinski definition) is 4. The number of thiophene rings is 1. The van der Waals surface area contributed by atoms with Crippen LogP contribution in [0, 0.1) is 5.82 Å². The number of halogens is 4. The van der Waals surface area contributed by atoms with Crippen molar-refractivity contribution in [2.24, 2.45) is 0 Å². The number of aldehydes is 1. The van der Waals surface area contributed by atoms with Gasteiger partial charge in [0, 0.05) is 10.1 Å². The van der Waals surface area contributed by atoms with E-state index in [9.17, 15) is 30.8 Å². The summed E-state index contributed by atoms with van der Waals surface area (Å²) in [5.74, 6) is -1.45. The second-order valence-electron chi connectivity index (χ2n) is 6.02. The molecule has 0 aliphatic carbocycles. The van der Waals surface area contributed by atoms with E-state index >= 15 is 0 Å². The Bertz CT molecular complexity index is 1150. The number of carbonyl (C=O) groups excluding carboxylic acids is 1. The molecule has 0 bridgehead atoms. The van der Waals surface area contributed by atoms with E-state index in [1.165, 1.54) is 0 Å². The summed E-state index contributed by atoms with van der Waals surface area (Å²) in [5.41, 5.74) is -1.41. The number of benzene rings is 2. The maximum atomic E-state index is 13.5. The molecule has 0 atom stereocenters. The number of rotatable bonds is 5. The van der Waals surface area contributed by atoms with Crippen molar-refractivity contribution in [1.29, 1.82) is 0 Å². The summed E-state index contributed by atoms with van der Waals surface area (Å²) in [7, 11) is -3.94. The van der Waals surface area contributed by atoms with E-state index in [2.05, 4.69) is 0 Å². The summed E-state index contributed by atoms with van der Waals surface area (Å²) in [6.07, 6.45) is -3.51. The second kappa shape index (κ2) is 7.17. The molecule has 10 heteroatoms. The number of anilines is 1. The second-order valence-corrected chi connectivity index (χ2v) is 8.95. The number of nitrogens with zero attached hydrogens (tertiary/aromatic N) is 1. The first-order valence-electron chi connectivity index (χ1n) is 7.82. The Morgan fingerprint density at radius 2 is 1.82 bits per heavy atom. The highest BCUT2D eigenvalue weighted by molar-refractivity contribution is 7.92. The van der Waals surface area contributed by atoms with Gasteiger partial charge in [-0.3, -0.25) is 9.10 Å². The Morgan fingerprint density at radius 3 is 2.43 bits per heavy atom. The molecule has 1 heterocycles. The lowest BCUT2D eigenvalue weighted by atomic mass is 10.1. The van der Waals surface area contributed by atoms with E-state index in [4.69, 9.17) is 0 Å². The third kappa shape index (κ3) is 3.88. The molecule has 0 N–H and O–H groups in total. The zero-order chi connectivity index (χ0) is 20.7. The number of carbonyl (C=O) groups is 1. The van der Waals surface area contributed by atoms with Crippen molar-refractivity contribution in [2.45, 2.75) is 12.7 Å². The van der Waals surface area contributed by atoms with Crippen molar-refractivity contribution in [3.8, 4) is 0 Å². The molecule has 0 spiro atoms. The largest absolute Gasteiger partial charge is 0.419 e. The molecule has 1 aromatic heterocycles. The number of hydrogen-bond donors (Lipinski definition) is 0. The Hall–Kier alpha value is -2.46. The molecule has 148 valence electrons. The third-order valence-electron chi connectivity index (χ3n) is 4.02. The van der Waals surface area contributed by atoms with Gasteiger partial charge >= 0.3 is 6.18 Å². The van der Waals surface area contributed by atoms with Gasteiger partial charge in [0.15, 0.2) is 6.29 Å². The normalized spacial score (nSPS) is 12.3. The van der Waals surface area contributed by atoms with Gasteiger partial charge in [-0.05, 0) is 23.8 Å². The minimum absolute atomic E-state index is 0.0616. The molecule has 0 aliphatic rings. The number of fused-ring (bicyclic) bond motifs is 1. The fraction of sp³-hybridized carbons (Fsp3) is 0.167. The van der Waals surface area contributed by atoms with E-state index < -0.39 is 34.1 Å². The first kappa shape index (κ1) is 20.3. The fourth-order valence-corrected chi connectivity index (χ4v) is 5.12. The Balaban J connectivity index is 2.13. The maximum Gasteiger partial charge on any atom is 0.419 e. The maximum absolute atomic E-state index is 13.5. The molecule has 0 radical (unpaired) electrons. The zero-order valence-electron chi connectivity index (χ0n) is 14.3. The Labute approximate surface area is 162 Å². The van der Waals surface area contributed by atoms with Gasteiger partial charge in [-0.1, -0.05) is 24.3 Å². The monoisotopic (exact) mass is 431 g/mol. The molecule has 4 nitrogen and oxygen atoms in total. The summed E-state index contributed by atoms with van der Waals surface area (Å²) in [4.78, 5) is 11.6. The van der Waals surface area contributed by atoms with Gasteiger partial charge < -0.3 is 0 Å². The molecule has 2 aromatic carbocycles. The topological polar surface area (TPSA) is 54.5 Å². The van der Waals surface area contributed by atoms with Crippen molar-refractivity contribution in [3.05, 3.63) is 65.0 Å². The molecule has 0 unspecified atom stereocenters. The first-order valence-corrected chi connectivity index (χ1v) is 10.5. The van der Waals surface area contributed by atoms with Gasteiger partial charge in [0.2, 0.25) is 10.0 Å². The Morgan fingerprint density at radius 1 is 1.14 bits per heavy atom. The van der Waals surface area contributed by atoms with Crippen molar-refractivity contribution < 1.29 is 30.8 Å². The standard InChI is InChI=1S/C18H13F4NO3S2/c1-28(25,26)23(9-11-6-7-15(19)14(8-11)18(20,21)22)17-13(10-24)12-4-2-3-5-16(12)27-17/h2-8,10H,9H2,1H3. The third-order valence-corrected chi connectivity index (χ3v) is 6.46. The van der Waals surface area contributed by atoms with Gasteiger partial charge in [0.1, 0.15) is 10.8 Å². The van der Waals surface area contributed by atoms with Crippen LogP contribution in [-0.2, 0) is 22.7 Å². The van der Waals surface area contributed by atoms with Crippen LogP contribution in [0.5, 0.6) is 0 Å². The predicted molar refractivity (Wildman–Crippen MR) is 99.6 cm³/mol. The fourth-order valence-electron chi connectivity index (χ4n) is 2.75. The summed E-state index contributed by atoms with van der Waals surface area (Å²) in [5, 5.41) is 0.637.